The van der Waals surface area contributed by atoms with Crippen LogP contribution in [0.5, 0.6) is 11.6 Å². The lowest BCUT2D eigenvalue weighted by atomic mass is 10.2. The van der Waals surface area contributed by atoms with E-state index in [0.29, 0.717) is 35.9 Å². The van der Waals surface area contributed by atoms with Crippen LogP contribution in [-0.2, 0) is 10.0 Å². The zero-order valence-electron chi connectivity index (χ0n) is 18.6. The molecule has 0 atom stereocenters. The molecule has 2 aromatic carbocycles. The maximum Gasteiger partial charge on any atom is 0.248 e. The van der Waals surface area contributed by atoms with Crippen molar-refractivity contribution in [2.24, 2.45) is 0 Å². The lowest BCUT2D eigenvalue weighted by Crippen LogP contribution is -2.30. The number of hydrogen-bond acceptors (Lipinski definition) is 8. The zero-order valence-corrected chi connectivity index (χ0v) is 21.0. The Morgan fingerprint density at radius 2 is 1.76 bits per heavy atom. The van der Waals surface area contributed by atoms with Gasteiger partial charge in [-0.25, -0.2) is 13.4 Å². The molecule has 0 amide bonds. The van der Waals surface area contributed by atoms with Gasteiger partial charge in [0, 0.05) is 34.8 Å². The number of halogens is 1. The van der Waals surface area contributed by atoms with Crippen molar-refractivity contribution in [1.82, 2.24) is 19.3 Å². The van der Waals surface area contributed by atoms with Gasteiger partial charge in [0.25, 0.3) is 0 Å². The summed E-state index contributed by atoms with van der Waals surface area (Å²) in [6, 6.07) is 13.8. The van der Waals surface area contributed by atoms with E-state index in [4.69, 9.17) is 10.5 Å². The van der Waals surface area contributed by atoms with Crippen LogP contribution in [0.1, 0.15) is 13.8 Å². The first-order valence-electron chi connectivity index (χ1n) is 10.5. The Morgan fingerprint density at radius 3 is 2.47 bits per heavy atom. The molecule has 0 aliphatic carbocycles. The Kier molecular flexibility index (Phi) is 6.96. The first-order valence-corrected chi connectivity index (χ1v) is 12.8. The molecule has 0 fully saturated rings. The first kappa shape index (κ1) is 23.9. The van der Waals surface area contributed by atoms with Crippen molar-refractivity contribution in [3.63, 3.8) is 0 Å². The fraction of sp³-hybridized carbons (Fsp3) is 0.174. The highest BCUT2D eigenvalue weighted by atomic mass is 79.9. The Hall–Kier alpha value is -3.28. The second-order valence-corrected chi connectivity index (χ2v) is 10.0. The van der Waals surface area contributed by atoms with E-state index in [0.717, 1.165) is 9.86 Å². The number of aromatic nitrogens is 3. The van der Waals surface area contributed by atoms with Gasteiger partial charge < -0.3 is 15.8 Å². The fourth-order valence-corrected chi connectivity index (χ4v) is 5.33. The predicted octanol–water partition coefficient (Wildman–Crippen LogP) is 4.94. The monoisotopic (exact) mass is 542 g/mol. The van der Waals surface area contributed by atoms with Gasteiger partial charge >= 0.3 is 0 Å². The van der Waals surface area contributed by atoms with E-state index in [1.807, 2.05) is 32.0 Å². The lowest BCUT2D eigenvalue weighted by Gasteiger charge is -2.18. The summed E-state index contributed by atoms with van der Waals surface area (Å²) < 4.78 is 33.7. The Balaban J connectivity index is 1.58. The molecule has 4 aromatic rings. The van der Waals surface area contributed by atoms with Crippen molar-refractivity contribution in [1.29, 1.82) is 0 Å². The second kappa shape index (κ2) is 9.92. The van der Waals surface area contributed by atoms with Gasteiger partial charge in [-0.15, -0.1) is 0 Å². The smallest absolute Gasteiger partial charge is 0.248 e. The summed E-state index contributed by atoms with van der Waals surface area (Å²) in [5, 5.41) is 3.99. The third-order valence-electron chi connectivity index (χ3n) is 5.19. The summed E-state index contributed by atoms with van der Waals surface area (Å²) in [5.41, 5.74) is 7.76. The van der Waals surface area contributed by atoms with Crippen LogP contribution in [0.4, 0.5) is 17.2 Å². The van der Waals surface area contributed by atoms with Crippen LogP contribution in [0.25, 0.3) is 10.9 Å². The highest BCUT2D eigenvalue weighted by molar-refractivity contribution is 9.10. The van der Waals surface area contributed by atoms with E-state index in [1.54, 1.807) is 36.5 Å². The maximum atomic E-state index is 12.7. The molecule has 34 heavy (non-hydrogen) atoms. The summed E-state index contributed by atoms with van der Waals surface area (Å²) in [6.07, 6.45) is 3.02. The molecule has 0 radical (unpaired) electrons. The molecule has 3 N–H and O–H groups in total. The Morgan fingerprint density at radius 1 is 1.03 bits per heavy atom. The van der Waals surface area contributed by atoms with Crippen LogP contribution in [0.3, 0.4) is 0 Å². The molecule has 0 bridgehead atoms. The number of ether oxygens (including phenoxy) is 1. The normalized spacial score (nSPS) is 11.6. The highest BCUT2D eigenvalue weighted by Crippen LogP contribution is 2.36. The Labute approximate surface area is 206 Å². The topological polar surface area (TPSA) is 123 Å². The number of nitrogens with two attached hydrogens (primary N) is 1. The SMILES string of the molecule is CCN(CC)S(=O)(=O)c1ccc(Nc2ncnc(Oc3ccc(Br)c4cccnc34)c2N)cc1. The molecule has 2 heterocycles. The van der Waals surface area contributed by atoms with Gasteiger partial charge in [-0.05, 0) is 42.5 Å². The van der Waals surface area contributed by atoms with Gasteiger partial charge in [-0.2, -0.15) is 9.29 Å². The number of rotatable bonds is 8. The third kappa shape index (κ3) is 4.67. The van der Waals surface area contributed by atoms with Gasteiger partial charge in [0.05, 0.1) is 4.90 Å². The van der Waals surface area contributed by atoms with E-state index in [-0.39, 0.29) is 16.5 Å². The van der Waals surface area contributed by atoms with E-state index in [2.05, 4.69) is 36.2 Å². The number of anilines is 3. The van der Waals surface area contributed by atoms with Crippen LogP contribution in [0.2, 0.25) is 0 Å². The summed E-state index contributed by atoms with van der Waals surface area (Å²) in [5.74, 6) is 1.01. The van der Waals surface area contributed by atoms with Crippen LogP contribution in [-0.4, -0.2) is 40.8 Å². The van der Waals surface area contributed by atoms with Gasteiger partial charge in [0.1, 0.15) is 17.5 Å². The van der Waals surface area contributed by atoms with Gasteiger partial charge in [0.15, 0.2) is 11.6 Å². The number of pyridine rings is 1. The van der Waals surface area contributed by atoms with E-state index in [1.165, 1.54) is 10.6 Å². The highest BCUT2D eigenvalue weighted by Gasteiger charge is 2.21. The number of nitrogen functional groups attached to an aromatic ring is 1. The van der Waals surface area contributed by atoms with Gasteiger partial charge in [0.2, 0.25) is 15.9 Å². The second-order valence-electron chi connectivity index (χ2n) is 7.23. The van der Waals surface area contributed by atoms with Gasteiger partial charge in [-0.1, -0.05) is 35.8 Å². The van der Waals surface area contributed by atoms with Crippen molar-refractivity contribution in [3.8, 4) is 11.6 Å². The molecule has 0 spiro atoms. The molecule has 0 saturated carbocycles. The van der Waals surface area contributed by atoms with Crippen molar-refractivity contribution in [2.45, 2.75) is 18.7 Å². The molecule has 176 valence electrons. The molecule has 0 aliphatic heterocycles. The number of sulfonamides is 1. The molecular formula is C23H23BrN6O3S. The van der Waals surface area contributed by atoms with Crippen LogP contribution in [0, 0.1) is 0 Å². The summed E-state index contributed by atoms with van der Waals surface area (Å²) >= 11 is 3.52. The van der Waals surface area contributed by atoms with Gasteiger partial charge in [-0.3, -0.25) is 4.98 Å². The number of hydrogen-bond donors (Lipinski definition) is 2. The minimum Gasteiger partial charge on any atom is -0.435 e. The average molecular weight is 543 g/mol. The number of nitrogens with zero attached hydrogens (tertiary/aromatic N) is 4. The molecule has 9 nitrogen and oxygen atoms in total. The summed E-state index contributed by atoms with van der Waals surface area (Å²) in [6.45, 7) is 4.42. The molecule has 4 rings (SSSR count). The molecule has 2 aromatic heterocycles. The standard InChI is InChI=1S/C23H23BrN6O3S/c1-3-30(4-2)34(31,32)16-9-7-15(8-10-16)29-22-20(25)23(28-14-27-22)33-19-12-11-18(24)17-6-5-13-26-21(17)19/h5-14H,3-4,25H2,1-2H3,(H,27,28,29). The first-order chi connectivity index (χ1) is 16.3. The fourth-order valence-electron chi connectivity index (χ4n) is 3.42. The quantitative estimate of drug-likeness (QED) is 0.321. The van der Waals surface area contributed by atoms with E-state index >= 15 is 0 Å². The molecule has 0 unspecified atom stereocenters. The molecule has 0 saturated heterocycles. The lowest BCUT2D eigenvalue weighted by molar-refractivity contribution is 0.445. The number of nitrogens with one attached hydrogen (secondary N) is 1. The minimum absolute atomic E-state index is 0.174. The number of fused-ring (bicyclic) bond motifs is 1. The maximum absolute atomic E-state index is 12.7. The minimum atomic E-state index is -3.54. The average Bonchev–Trinajstić information content (AvgIpc) is 2.84. The van der Waals surface area contributed by atoms with Crippen molar-refractivity contribution in [3.05, 3.63) is 65.5 Å². The summed E-state index contributed by atoms with van der Waals surface area (Å²) in [4.78, 5) is 13.0. The summed E-state index contributed by atoms with van der Waals surface area (Å²) in [7, 11) is -3.54. The van der Waals surface area contributed by atoms with Crippen molar-refractivity contribution in [2.75, 3.05) is 24.1 Å². The largest absolute Gasteiger partial charge is 0.435 e. The molecular weight excluding hydrogens is 520 g/mol. The predicted molar refractivity (Wildman–Crippen MR) is 136 cm³/mol. The van der Waals surface area contributed by atoms with Crippen LogP contribution < -0.4 is 15.8 Å². The zero-order chi connectivity index (χ0) is 24.3. The van der Waals surface area contributed by atoms with Crippen LogP contribution in [0.15, 0.2) is 70.4 Å². The molecule has 11 heteroatoms. The number of benzene rings is 2. The van der Waals surface area contributed by atoms with Crippen LogP contribution >= 0.6 is 15.9 Å². The molecule has 0 aliphatic rings. The van der Waals surface area contributed by atoms with E-state index in [9.17, 15) is 8.42 Å². The Bertz CT molecular complexity index is 1430. The third-order valence-corrected chi connectivity index (χ3v) is 7.95. The van der Waals surface area contributed by atoms with Crippen molar-refractivity contribution < 1.29 is 13.2 Å². The van der Waals surface area contributed by atoms with E-state index < -0.39 is 10.0 Å². The van der Waals surface area contributed by atoms with Crippen molar-refractivity contribution >= 4 is 54.0 Å².